The molecule has 0 spiro atoms. The minimum Gasteiger partial charge on any atom is -0.381 e. The number of unbranched alkanes of at least 4 members (excludes halogenated alkanes) is 5. The maximum absolute atomic E-state index is 6.02. The molecule has 1 heterocycles. The molecule has 3 nitrogen and oxygen atoms in total. The Hall–Kier alpha value is -0.120. The van der Waals surface area contributed by atoms with Gasteiger partial charge < -0.3 is 15.2 Å². The van der Waals surface area contributed by atoms with Gasteiger partial charge >= 0.3 is 0 Å². The smallest absolute Gasteiger partial charge is 0.0847 e. The van der Waals surface area contributed by atoms with Gasteiger partial charge in [0.15, 0.2) is 0 Å². The molecule has 0 saturated carbocycles. The van der Waals surface area contributed by atoms with Gasteiger partial charge in [0.05, 0.1) is 5.60 Å². The average Bonchev–Trinajstić information content (AvgIpc) is 2.39. The quantitative estimate of drug-likeness (QED) is 0.633. The second-order valence-corrected chi connectivity index (χ2v) is 5.12. The summed E-state index contributed by atoms with van der Waals surface area (Å²) < 4.78 is 11.4. The van der Waals surface area contributed by atoms with Crippen LogP contribution in [0.3, 0.4) is 0 Å². The van der Waals surface area contributed by atoms with Crippen molar-refractivity contribution in [3.8, 4) is 0 Å². The van der Waals surface area contributed by atoms with Crippen LogP contribution >= 0.6 is 0 Å². The molecule has 1 rings (SSSR count). The third kappa shape index (κ3) is 5.84. The topological polar surface area (TPSA) is 44.5 Å². The highest BCUT2D eigenvalue weighted by Crippen LogP contribution is 2.24. The van der Waals surface area contributed by atoms with Gasteiger partial charge in [-0.15, -0.1) is 0 Å². The van der Waals surface area contributed by atoms with Crippen molar-refractivity contribution in [2.45, 2.75) is 63.9 Å². The summed E-state index contributed by atoms with van der Waals surface area (Å²) in [6.07, 6.45) is 9.77. The summed E-state index contributed by atoms with van der Waals surface area (Å²) in [5, 5.41) is 0. The van der Waals surface area contributed by atoms with E-state index in [4.69, 9.17) is 15.2 Å². The van der Waals surface area contributed by atoms with Crippen molar-refractivity contribution in [2.24, 2.45) is 5.73 Å². The van der Waals surface area contributed by atoms with Gasteiger partial charge in [0, 0.05) is 39.2 Å². The molecule has 0 amide bonds. The van der Waals surface area contributed by atoms with Crippen LogP contribution in [0, 0.1) is 0 Å². The van der Waals surface area contributed by atoms with Crippen LogP contribution in [-0.4, -0.2) is 32.0 Å². The van der Waals surface area contributed by atoms with Crippen LogP contribution in [0.5, 0.6) is 0 Å². The van der Waals surface area contributed by atoms with E-state index in [1.54, 1.807) is 0 Å². The largest absolute Gasteiger partial charge is 0.381 e. The fourth-order valence-electron chi connectivity index (χ4n) is 2.32. The van der Waals surface area contributed by atoms with Gasteiger partial charge in [-0.3, -0.25) is 0 Å². The molecule has 0 aromatic heterocycles. The van der Waals surface area contributed by atoms with Crippen molar-refractivity contribution in [1.29, 1.82) is 0 Å². The van der Waals surface area contributed by atoms with E-state index in [0.29, 0.717) is 6.54 Å². The first kappa shape index (κ1) is 14.9. The summed E-state index contributed by atoms with van der Waals surface area (Å²) in [6, 6.07) is 0. The zero-order chi connectivity index (χ0) is 12.4. The molecule has 1 saturated heterocycles. The predicted molar refractivity (Wildman–Crippen MR) is 71.2 cm³/mol. The molecular formula is C14H29NO2. The van der Waals surface area contributed by atoms with E-state index in [-0.39, 0.29) is 5.60 Å². The number of nitrogens with two attached hydrogens (primary N) is 1. The SMILES string of the molecule is CCCCCCCCOC1(CN)CCOCC1. The van der Waals surface area contributed by atoms with Crippen molar-refractivity contribution in [3.05, 3.63) is 0 Å². The minimum absolute atomic E-state index is 0.0817. The molecule has 0 radical (unpaired) electrons. The van der Waals surface area contributed by atoms with Crippen molar-refractivity contribution >= 4 is 0 Å². The van der Waals surface area contributed by atoms with Gasteiger partial charge in [0.1, 0.15) is 0 Å². The molecule has 1 aliphatic rings. The zero-order valence-electron chi connectivity index (χ0n) is 11.4. The molecule has 2 N–H and O–H groups in total. The second kappa shape index (κ2) is 8.90. The fourth-order valence-corrected chi connectivity index (χ4v) is 2.32. The third-order valence-corrected chi connectivity index (χ3v) is 3.68. The Morgan fingerprint density at radius 2 is 1.71 bits per heavy atom. The van der Waals surface area contributed by atoms with E-state index in [1.807, 2.05) is 0 Å². The maximum Gasteiger partial charge on any atom is 0.0847 e. The Morgan fingerprint density at radius 1 is 1.06 bits per heavy atom. The average molecular weight is 243 g/mol. The van der Waals surface area contributed by atoms with Crippen LogP contribution in [0.1, 0.15) is 58.3 Å². The lowest BCUT2D eigenvalue weighted by Crippen LogP contribution is -2.45. The van der Waals surface area contributed by atoms with Crippen molar-refractivity contribution in [1.82, 2.24) is 0 Å². The van der Waals surface area contributed by atoms with Gasteiger partial charge in [-0.2, -0.15) is 0 Å². The summed E-state index contributed by atoms with van der Waals surface area (Å²) in [5.41, 5.74) is 5.76. The van der Waals surface area contributed by atoms with Crippen LogP contribution < -0.4 is 5.73 Å². The molecule has 0 aromatic carbocycles. The summed E-state index contributed by atoms with van der Waals surface area (Å²) >= 11 is 0. The van der Waals surface area contributed by atoms with E-state index in [0.717, 1.165) is 32.7 Å². The zero-order valence-corrected chi connectivity index (χ0v) is 11.4. The Morgan fingerprint density at radius 3 is 2.35 bits per heavy atom. The van der Waals surface area contributed by atoms with Crippen LogP contribution in [0.4, 0.5) is 0 Å². The third-order valence-electron chi connectivity index (χ3n) is 3.68. The van der Waals surface area contributed by atoms with Crippen LogP contribution in [-0.2, 0) is 9.47 Å². The first-order valence-electron chi connectivity index (χ1n) is 7.25. The molecule has 0 atom stereocenters. The summed E-state index contributed by atoms with van der Waals surface area (Å²) in [4.78, 5) is 0. The highest BCUT2D eigenvalue weighted by atomic mass is 16.5. The first-order valence-corrected chi connectivity index (χ1v) is 7.25. The summed E-state index contributed by atoms with van der Waals surface area (Å²) in [6.45, 7) is 5.34. The number of ether oxygens (including phenoxy) is 2. The van der Waals surface area contributed by atoms with Crippen molar-refractivity contribution in [3.63, 3.8) is 0 Å². The monoisotopic (exact) mass is 243 g/mol. The van der Waals surface area contributed by atoms with E-state index < -0.39 is 0 Å². The second-order valence-electron chi connectivity index (χ2n) is 5.12. The highest BCUT2D eigenvalue weighted by Gasteiger charge is 2.31. The van der Waals surface area contributed by atoms with Gasteiger partial charge in [0.2, 0.25) is 0 Å². The maximum atomic E-state index is 6.02. The van der Waals surface area contributed by atoms with Gasteiger partial charge in [-0.05, 0) is 6.42 Å². The number of hydrogen-bond donors (Lipinski definition) is 1. The summed E-state index contributed by atoms with van der Waals surface area (Å²) in [5.74, 6) is 0. The predicted octanol–water partition coefficient (Wildman–Crippen LogP) is 2.87. The highest BCUT2D eigenvalue weighted by molar-refractivity contribution is 4.84. The van der Waals surface area contributed by atoms with E-state index >= 15 is 0 Å². The standard InChI is InChI=1S/C14H29NO2/c1-2-3-4-5-6-7-10-17-14(13-15)8-11-16-12-9-14/h2-13,15H2,1H3. The van der Waals surface area contributed by atoms with Crippen LogP contribution in [0.2, 0.25) is 0 Å². The molecular weight excluding hydrogens is 214 g/mol. The van der Waals surface area contributed by atoms with E-state index in [9.17, 15) is 0 Å². The van der Waals surface area contributed by atoms with Gasteiger partial charge in [-0.1, -0.05) is 39.0 Å². The Bertz CT molecular complexity index is 179. The van der Waals surface area contributed by atoms with Gasteiger partial charge in [0.25, 0.3) is 0 Å². The molecule has 1 fully saturated rings. The minimum atomic E-state index is -0.0817. The number of rotatable bonds is 9. The molecule has 0 aromatic rings. The van der Waals surface area contributed by atoms with Gasteiger partial charge in [-0.25, -0.2) is 0 Å². The van der Waals surface area contributed by atoms with E-state index in [1.165, 1.54) is 38.5 Å². The normalized spacial score (nSPS) is 19.4. The Labute approximate surface area is 106 Å². The molecule has 0 aliphatic carbocycles. The number of hydrogen-bond acceptors (Lipinski definition) is 3. The molecule has 102 valence electrons. The fraction of sp³-hybridized carbons (Fsp3) is 1.00. The van der Waals surface area contributed by atoms with Crippen molar-refractivity contribution < 1.29 is 9.47 Å². The lowest BCUT2D eigenvalue weighted by molar-refractivity contribution is -0.105. The molecule has 0 unspecified atom stereocenters. The molecule has 1 aliphatic heterocycles. The lowest BCUT2D eigenvalue weighted by atomic mass is 9.94. The molecule has 0 bridgehead atoms. The molecule has 17 heavy (non-hydrogen) atoms. The van der Waals surface area contributed by atoms with Crippen LogP contribution in [0.25, 0.3) is 0 Å². The Balaban J connectivity index is 2.03. The van der Waals surface area contributed by atoms with Crippen LogP contribution in [0.15, 0.2) is 0 Å². The van der Waals surface area contributed by atoms with E-state index in [2.05, 4.69) is 6.92 Å². The molecule has 3 heteroatoms. The lowest BCUT2D eigenvalue weighted by Gasteiger charge is -2.36. The Kier molecular flexibility index (Phi) is 7.82. The van der Waals surface area contributed by atoms with Crippen molar-refractivity contribution in [2.75, 3.05) is 26.4 Å². The first-order chi connectivity index (χ1) is 8.33. The summed E-state index contributed by atoms with van der Waals surface area (Å²) in [7, 11) is 0.